The normalized spacial score (nSPS) is 18.1. The number of amides is 5. The maximum atomic E-state index is 14.4. The van der Waals surface area contributed by atoms with E-state index in [4.69, 9.17) is 15.2 Å². The number of likely N-dealkylation sites (N-methyl/N-ethyl adjacent to an activating group) is 2. The van der Waals surface area contributed by atoms with Gasteiger partial charge in [-0.25, -0.2) is 0 Å². The maximum Gasteiger partial charge on any atom is 0.245 e. The Balaban J connectivity index is 1.79. The van der Waals surface area contributed by atoms with Crippen LogP contribution in [-0.4, -0.2) is 129 Å². The van der Waals surface area contributed by atoms with E-state index in [1.165, 1.54) is 0 Å². The number of methoxy groups -OCH3 is 2. The van der Waals surface area contributed by atoms with Crippen molar-refractivity contribution < 1.29 is 33.4 Å². The molecule has 0 spiro atoms. The fourth-order valence-electron chi connectivity index (χ4n) is 8.72. The van der Waals surface area contributed by atoms with Gasteiger partial charge in [0.25, 0.3) is 0 Å². The van der Waals surface area contributed by atoms with Crippen molar-refractivity contribution in [3.05, 3.63) is 65.7 Å². The molecule has 2 aromatic rings. The van der Waals surface area contributed by atoms with E-state index >= 15 is 0 Å². The average Bonchev–Trinajstić information content (AvgIpc) is 3.71. The van der Waals surface area contributed by atoms with Crippen molar-refractivity contribution >= 4 is 35.2 Å². The predicted octanol–water partition coefficient (Wildman–Crippen LogP) is 4.26. The molecule has 61 heavy (non-hydrogen) atoms. The number of carbonyl (C=O) groups is 5. The van der Waals surface area contributed by atoms with E-state index in [1.807, 2.05) is 103 Å². The monoisotopic (exact) mass is 850 g/mol. The third-order valence-corrected chi connectivity index (χ3v) is 12.3. The number of nitrogens with zero attached hydrogens (tertiary/aromatic N) is 3. The molecule has 0 radical (unpaired) electrons. The predicted molar refractivity (Wildman–Crippen MR) is 240 cm³/mol. The van der Waals surface area contributed by atoms with Gasteiger partial charge in [0.1, 0.15) is 12.1 Å². The zero-order valence-corrected chi connectivity index (χ0v) is 38.8. The Morgan fingerprint density at radius 1 is 0.820 bits per heavy atom. The molecule has 1 saturated heterocycles. The molecule has 1 fully saturated rings. The van der Waals surface area contributed by atoms with Crippen LogP contribution in [0.15, 0.2) is 54.6 Å². The van der Waals surface area contributed by atoms with Crippen LogP contribution in [0.25, 0.3) is 0 Å². The van der Waals surface area contributed by atoms with Crippen LogP contribution in [0.4, 0.5) is 5.69 Å². The summed E-state index contributed by atoms with van der Waals surface area (Å²) in [6, 6.07) is 13.8. The fraction of sp³-hybridized carbons (Fsp3) is 0.638. The van der Waals surface area contributed by atoms with Crippen molar-refractivity contribution in [2.75, 3.05) is 47.6 Å². The standard InChI is InChI=1S/C47H75N7O7/c1-13-31(6)42(53(10)47(59)40(29(2)3)51-46(58)41(30(4)5)52(8)9)38(60-11)27-39(55)54-25-17-20-37(54)43(61-12)32(7)44(56)50-36(26-33-18-15-14-16-19-33)45(57)49-28-34-21-23-35(48)24-22-34/h14-16,18-19,21-24,29-32,36-38,40-43H,13,17,20,25-28,48H2,1-12H3,(H,49,57)(H,50,56)(H,51,58)/t31-,32+,36-,37-,38+,40?,41-,42-,43+/m0/s1. The van der Waals surface area contributed by atoms with Crippen LogP contribution in [0.2, 0.25) is 0 Å². The minimum absolute atomic E-state index is 0.00127. The van der Waals surface area contributed by atoms with Gasteiger partial charge in [0, 0.05) is 46.5 Å². The van der Waals surface area contributed by atoms with E-state index in [9.17, 15) is 24.0 Å². The lowest BCUT2D eigenvalue weighted by Gasteiger charge is -2.41. The van der Waals surface area contributed by atoms with Gasteiger partial charge in [0.2, 0.25) is 29.5 Å². The minimum Gasteiger partial charge on any atom is -0.399 e. The summed E-state index contributed by atoms with van der Waals surface area (Å²) in [6.07, 6.45) is 1.04. The number of nitrogens with two attached hydrogens (primary N) is 1. The molecule has 0 aromatic heterocycles. The highest BCUT2D eigenvalue weighted by Gasteiger charge is 2.43. The lowest BCUT2D eigenvalue weighted by Crippen LogP contribution is -2.59. The Labute approximate surface area is 365 Å². The third-order valence-electron chi connectivity index (χ3n) is 12.3. The molecular weight excluding hydrogens is 775 g/mol. The molecule has 340 valence electrons. The number of likely N-dealkylation sites (tertiary alicyclic amines) is 1. The van der Waals surface area contributed by atoms with Gasteiger partial charge in [-0.15, -0.1) is 0 Å². The van der Waals surface area contributed by atoms with Crippen LogP contribution in [0.3, 0.4) is 0 Å². The summed E-state index contributed by atoms with van der Waals surface area (Å²) in [7, 11) is 8.53. The lowest BCUT2D eigenvalue weighted by molar-refractivity contribution is -0.148. The second kappa shape index (κ2) is 24.2. The van der Waals surface area contributed by atoms with Gasteiger partial charge >= 0.3 is 0 Å². The number of carbonyl (C=O) groups excluding carboxylic acids is 5. The van der Waals surface area contributed by atoms with E-state index in [-0.39, 0.29) is 66.7 Å². The van der Waals surface area contributed by atoms with Gasteiger partial charge < -0.3 is 41.0 Å². The van der Waals surface area contributed by atoms with Crippen LogP contribution in [0.5, 0.6) is 0 Å². The molecular formula is C47H75N7O7. The largest absolute Gasteiger partial charge is 0.399 e. The molecule has 1 aliphatic heterocycles. The highest BCUT2D eigenvalue weighted by atomic mass is 16.5. The number of hydrogen-bond acceptors (Lipinski definition) is 9. The molecule has 0 aliphatic carbocycles. The summed E-state index contributed by atoms with van der Waals surface area (Å²) in [6.45, 7) is 14.4. The number of hydrogen-bond donors (Lipinski definition) is 4. The quantitative estimate of drug-likeness (QED) is 0.119. The van der Waals surface area contributed by atoms with E-state index in [1.54, 1.807) is 50.1 Å². The van der Waals surface area contributed by atoms with Crippen molar-refractivity contribution in [3.63, 3.8) is 0 Å². The Morgan fingerprint density at radius 2 is 1.46 bits per heavy atom. The summed E-state index contributed by atoms with van der Waals surface area (Å²) in [5.41, 5.74) is 8.23. The molecule has 14 nitrogen and oxygen atoms in total. The molecule has 0 saturated carbocycles. The molecule has 9 atom stereocenters. The van der Waals surface area contributed by atoms with Crippen LogP contribution in [-0.2, 0) is 46.4 Å². The van der Waals surface area contributed by atoms with E-state index in [2.05, 4.69) is 16.0 Å². The average molecular weight is 850 g/mol. The third kappa shape index (κ3) is 14.0. The van der Waals surface area contributed by atoms with Crippen molar-refractivity contribution in [1.29, 1.82) is 0 Å². The Kier molecular flexibility index (Phi) is 20.2. The summed E-state index contributed by atoms with van der Waals surface area (Å²) >= 11 is 0. The van der Waals surface area contributed by atoms with Crippen LogP contribution in [0, 0.1) is 23.7 Å². The zero-order valence-electron chi connectivity index (χ0n) is 38.8. The van der Waals surface area contributed by atoms with E-state index in [0.717, 1.165) is 24.0 Å². The Morgan fingerprint density at radius 3 is 2.00 bits per heavy atom. The second-order valence-electron chi connectivity index (χ2n) is 17.7. The molecule has 3 rings (SSSR count). The first kappa shape index (κ1) is 50.8. The molecule has 1 aliphatic rings. The zero-order chi connectivity index (χ0) is 45.6. The molecule has 5 N–H and O–H groups in total. The molecule has 5 amide bonds. The first-order chi connectivity index (χ1) is 28.9. The Bertz CT molecular complexity index is 1700. The number of benzene rings is 2. The van der Waals surface area contributed by atoms with Crippen LogP contribution in [0.1, 0.15) is 85.3 Å². The summed E-state index contributed by atoms with van der Waals surface area (Å²) in [5, 5.41) is 9.00. The van der Waals surface area contributed by atoms with E-state index in [0.29, 0.717) is 18.7 Å². The number of nitrogen functional groups attached to an aromatic ring is 1. The molecule has 0 bridgehead atoms. The van der Waals surface area contributed by atoms with Gasteiger partial charge in [0.15, 0.2) is 0 Å². The van der Waals surface area contributed by atoms with Crippen molar-refractivity contribution in [2.24, 2.45) is 23.7 Å². The number of nitrogens with one attached hydrogen (secondary N) is 3. The topological polar surface area (TPSA) is 176 Å². The summed E-state index contributed by atoms with van der Waals surface area (Å²) in [5.74, 6) is -2.22. The van der Waals surface area contributed by atoms with Gasteiger partial charge in [0.05, 0.1) is 42.7 Å². The summed E-state index contributed by atoms with van der Waals surface area (Å²) in [4.78, 5) is 75.2. The lowest BCUT2D eigenvalue weighted by atomic mass is 9.89. The highest BCUT2D eigenvalue weighted by molar-refractivity contribution is 5.90. The summed E-state index contributed by atoms with van der Waals surface area (Å²) < 4.78 is 12.1. The maximum absolute atomic E-state index is 14.4. The first-order valence-corrected chi connectivity index (χ1v) is 21.9. The SMILES string of the molecule is CC[C@H](C)[C@@H]([C@@H](CC(=O)N1CCC[C@H]1[C@H](OC)[C@@H](C)C(=O)N[C@@H](Cc1ccccc1)C(=O)NCc1ccc(N)cc1)OC)N(C)C(=O)C(NC(=O)[C@H](C(C)C)N(C)C)C(C)C. The smallest absolute Gasteiger partial charge is 0.245 e. The Hall–Kier alpha value is -4.53. The number of ether oxygens (including phenoxy) is 2. The van der Waals surface area contributed by atoms with Crippen molar-refractivity contribution in [3.8, 4) is 0 Å². The van der Waals surface area contributed by atoms with Gasteiger partial charge in [-0.1, -0.05) is 97.4 Å². The molecule has 14 heteroatoms. The number of rotatable bonds is 23. The van der Waals surface area contributed by atoms with E-state index < -0.39 is 48.3 Å². The van der Waals surface area contributed by atoms with Gasteiger partial charge in [-0.2, -0.15) is 0 Å². The van der Waals surface area contributed by atoms with Gasteiger partial charge in [-0.3, -0.25) is 28.9 Å². The number of anilines is 1. The van der Waals surface area contributed by atoms with Crippen LogP contribution < -0.4 is 21.7 Å². The molecule has 1 unspecified atom stereocenters. The van der Waals surface area contributed by atoms with Crippen molar-refractivity contribution in [1.82, 2.24) is 30.7 Å². The molecule has 2 aromatic carbocycles. The van der Waals surface area contributed by atoms with Gasteiger partial charge in [-0.05, 0) is 68.0 Å². The molecule has 1 heterocycles. The van der Waals surface area contributed by atoms with Crippen molar-refractivity contribution in [2.45, 2.75) is 130 Å². The van der Waals surface area contributed by atoms with Crippen LogP contribution >= 0.6 is 0 Å². The first-order valence-electron chi connectivity index (χ1n) is 21.9. The fourth-order valence-corrected chi connectivity index (χ4v) is 8.72. The minimum atomic E-state index is -0.863. The highest BCUT2D eigenvalue weighted by Crippen LogP contribution is 2.30. The second-order valence-corrected chi connectivity index (χ2v) is 17.7.